The molecule has 5 rings (SSSR count). The second-order valence-electron chi connectivity index (χ2n) is 8.65. The highest BCUT2D eigenvalue weighted by atomic mass is 16.7. The molecule has 1 aliphatic rings. The number of pyridine rings is 2. The van der Waals surface area contributed by atoms with Crippen LogP contribution in [0.15, 0.2) is 67.0 Å². The summed E-state index contributed by atoms with van der Waals surface area (Å²) >= 11 is 0. The summed E-state index contributed by atoms with van der Waals surface area (Å²) in [5, 5.41) is 2.19. The van der Waals surface area contributed by atoms with Gasteiger partial charge in [0.15, 0.2) is 0 Å². The van der Waals surface area contributed by atoms with Crippen LogP contribution in [0.1, 0.15) is 27.7 Å². The standard InChI is InChI=1S/C24H23BN2O2/c1-23(2)24(3,4)29-25(28-23)20-11-9-16(10-12-20)19-14-18-8-7-17-6-5-13-26-21(17)22(18)27-15-19/h5-15H,1-4H3. The van der Waals surface area contributed by atoms with Crippen molar-refractivity contribution in [3.8, 4) is 11.1 Å². The van der Waals surface area contributed by atoms with Gasteiger partial charge in [0.1, 0.15) is 0 Å². The lowest BCUT2D eigenvalue weighted by Gasteiger charge is -2.32. The largest absolute Gasteiger partial charge is 0.494 e. The Bertz CT molecular complexity index is 1200. The van der Waals surface area contributed by atoms with Gasteiger partial charge in [0.05, 0.1) is 22.2 Å². The van der Waals surface area contributed by atoms with E-state index in [1.165, 1.54) is 0 Å². The zero-order chi connectivity index (χ0) is 20.2. The van der Waals surface area contributed by atoms with Gasteiger partial charge < -0.3 is 9.31 Å². The van der Waals surface area contributed by atoms with Crippen molar-refractivity contribution in [2.75, 3.05) is 0 Å². The van der Waals surface area contributed by atoms with Crippen molar-refractivity contribution in [2.24, 2.45) is 0 Å². The molecule has 4 aromatic rings. The normalized spacial score (nSPS) is 17.9. The number of hydrogen-bond donors (Lipinski definition) is 0. The molecular weight excluding hydrogens is 359 g/mol. The van der Waals surface area contributed by atoms with Gasteiger partial charge in [-0.05, 0) is 50.9 Å². The minimum atomic E-state index is -0.346. The van der Waals surface area contributed by atoms with Gasteiger partial charge in [-0.25, -0.2) is 0 Å². The number of hydrogen-bond acceptors (Lipinski definition) is 4. The predicted octanol–water partition coefficient (Wildman–Crippen LogP) is 4.75. The third-order valence-electron chi connectivity index (χ3n) is 6.19. The Balaban J connectivity index is 1.47. The summed E-state index contributed by atoms with van der Waals surface area (Å²) in [7, 11) is -0.346. The first kappa shape index (κ1) is 18.3. The van der Waals surface area contributed by atoms with E-state index in [1.54, 1.807) is 0 Å². The second-order valence-corrected chi connectivity index (χ2v) is 8.65. The Morgan fingerprint density at radius 2 is 1.38 bits per heavy atom. The van der Waals surface area contributed by atoms with E-state index in [-0.39, 0.29) is 18.3 Å². The molecule has 4 nitrogen and oxygen atoms in total. The Morgan fingerprint density at radius 3 is 2.10 bits per heavy atom. The molecule has 1 fully saturated rings. The van der Waals surface area contributed by atoms with Gasteiger partial charge in [0.2, 0.25) is 0 Å². The van der Waals surface area contributed by atoms with Crippen molar-refractivity contribution in [1.82, 2.24) is 9.97 Å². The number of benzene rings is 2. The van der Waals surface area contributed by atoms with Crippen molar-refractivity contribution in [1.29, 1.82) is 0 Å². The predicted molar refractivity (Wildman–Crippen MR) is 118 cm³/mol. The second kappa shape index (κ2) is 6.38. The molecule has 29 heavy (non-hydrogen) atoms. The molecule has 1 saturated heterocycles. The minimum absolute atomic E-state index is 0.338. The lowest BCUT2D eigenvalue weighted by molar-refractivity contribution is 0.00578. The number of aromatic nitrogens is 2. The van der Waals surface area contributed by atoms with Crippen molar-refractivity contribution >= 4 is 34.4 Å². The van der Waals surface area contributed by atoms with Crippen LogP contribution in [-0.2, 0) is 9.31 Å². The van der Waals surface area contributed by atoms with Gasteiger partial charge in [-0.1, -0.05) is 42.5 Å². The Labute approximate surface area is 171 Å². The molecule has 0 spiro atoms. The molecule has 5 heteroatoms. The fourth-order valence-corrected chi connectivity index (χ4v) is 3.71. The maximum Gasteiger partial charge on any atom is 0.494 e. The smallest absolute Gasteiger partial charge is 0.399 e. The van der Waals surface area contributed by atoms with E-state index in [0.717, 1.165) is 38.4 Å². The number of rotatable bonds is 2. The van der Waals surface area contributed by atoms with Crippen LogP contribution in [-0.4, -0.2) is 28.3 Å². The van der Waals surface area contributed by atoms with Crippen molar-refractivity contribution in [3.63, 3.8) is 0 Å². The first-order valence-corrected chi connectivity index (χ1v) is 9.94. The highest BCUT2D eigenvalue weighted by Gasteiger charge is 2.51. The van der Waals surface area contributed by atoms with Crippen LogP contribution in [0, 0.1) is 0 Å². The van der Waals surface area contributed by atoms with Gasteiger partial charge in [-0.3, -0.25) is 9.97 Å². The van der Waals surface area contributed by atoms with E-state index in [0.29, 0.717) is 0 Å². The monoisotopic (exact) mass is 382 g/mol. The van der Waals surface area contributed by atoms with Crippen LogP contribution in [0.5, 0.6) is 0 Å². The molecule has 0 aliphatic carbocycles. The third kappa shape index (κ3) is 3.02. The molecule has 0 unspecified atom stereocenters. The zero-order valence-electron chi connectivity index (χ0n) is 17.1. The fourth-order valence-electron chi connectivity index (χ4n) is 3.71. The highest BCUT2D eigenvalue weighted by molar-refractivity contribution is 6.62. The number of fused-ring (bicyclic) bond motifs is 3. The van der Waals surface area contributed by atoms with E-state index in [9.17, 15) is 0 Å². The summed E-state index contributed by atoms with van der Waals surface area (Å²) < 4.78 is 12.3. The zero-order valence-corrected chi connectivity index (χ0v) is 17.1. The van der Waals surface area contributed by atoms with Gasteiger partial charge in [-0.15, -0.1) is 0 Å². The van der Waals surface area contributed by atoms with Crippen LogP contribution in [0.3, 0.4) is 0 Å². The molecule has 0 bridgehead atoms. The van der Waals surface area contributed by atoms with Crippen molar-refractivity contribution < 1.29 is 9.31 Å². The van der Waals surface area contributed by atoms with Crippen LogP contribution < -0.4 is 5.46 Å². The van der Waals surface area contributed by atoms with Crippen molar-refractivity contribution in [3.05, 3.63) is 67.0 Å². The van der Waals surface area contributed by atoms with Crippen LogP contribution in [0.25, 0.3) is 32.9 Å². The summed E-state index contributed by atoms with van der Waals surface area (Å²) in [5.74, 6) is 0. The Morgan fingerprint density at radius 1 is 0.724 bits per heavy atom. The number of nitrogens with zero attached hydrogens (tertiary/aromatic N) is 2. The van der Waals surface area contributed by atoms with Gasteiger partial charge >= 0.3 is 7.12 Å². The summed E-state index contributed by atoms with van der Waals surface area (Å²) in [6.45, 7) is 8.28. The van der Waals surface area contributed by atoms with E-state index in [2.05, 4.69) is 81.2 Å². The summed E-state index contributed by atoms with van der Waals surface area (Å²) in [6.07, 6.45) is 3.73. The van der Waals surface area contributed by atoms with Crippen LogP contribution >= 0.6 is 0 Å². The third-order valence-corrected chi connectivity index (χ3v) is 6.19. The highest BCUT2D eigenvalue weighted by Crippen LogP contribution is 2.36. The summed E-state index contributed by atoms with van der Waals surface area (Å²) in [4.78, 5) is 9.21. The Hall–Kier alpha value is -2.76. The maximum absolute atomic E-state index is 6.15. The van der Waals surface area contributed by atoms with E-state index in [4.69, 9.17) is 14.3 Å². The van der Waals surface area contributed by atoms with E-state index < -0.39 is 0 Å². The molecule has 2 aromatic carbocycles. The molecule has 0 saturated carbocycles. The van der Waals surface area contributed by atoms with Gasteiger partial charge in [0.25, 0.3) is 0 Å². The van der Waals surface area contributed by atoms with Crippen molar-refractivity contribution in [2.45, 2.75) is 38.9 Å². The Kier molecular flexibility index (Phi) is 4.02. The maximum atomic E-state index is 6.15. The minimum Gasteiger partial charge on any atom is -0.399 e. The summed E-state index contributed by atoms with van der Waals surface area (Å²) in [6, 6.07) is 18.7. The topological polar surface area (TPSA) is 44.2 Å². The first-order chi connectivity index (χ1) is 13.8. The van der Waals surface area contributed by atoms with E-state index in [1.807, 2.05) is 18.5 Å². The molecule has 0 N–H and O–H groups in total. The molecule has 0 amide bonds. The summed E-state index contributed by atoms with van der Waals surface area (Å²) in [5.41, 5.74) is 4.41. The molecular formula is C24H23BN2O2. The van der Waals surface area contributed by atoms with E-state index >= 15 is 0 Å². The average molecular weight is 382 g/mol. The van der Waals surface area contributed by atoms with Crippen LogP contribution in [0.2, 0.25) is 0 Å². The SMILES string of the molecule is CC1(C)OB(c2ccc(-c3cnc4c(ccc5cccnc54)c3)cc2)OC1(C)C. The molecule has 0 radical (unpaired) electrons. The molecule has 0 atom stereocenters. The molecule has 3 heterocycles. The van der Waals surface area contributed by atoms with Crippen LogP contribution in [0.4, 0.5) is 0 Å². The lowest BCUT2D eigenvalue weighted by atomic mass is 9.78. The van der Waals surface area contributed by atoms with Gasteiger partial charge in [-0.2, -0.15) is 0 Å². The first-order valence-electron chi connectivity index (χ1n) is 9.94. The fraction of sp³-hybridized carbons (Fsp3) is 0.250. The quantitative estimate of drug-likeness (QED) is 0.371. The molecule has 144 valence electrons. The van der Waals surface area contributed by atoms with Gasteiger partial charge in [0, 0.05) is 28.7 Å². The molecule has 2 aromatic heterocycles. The lowest BCUT2D eigenvalue weighted by Crippen LogP contribution is -2.41. The average Bonchev–Trinajstić information content (AvgIpc) is 2.94. The molecule has 1 aliphatic heterocycles.